The number of hydrogen-bond donors (Lipinski definition) is 1. The van der Waals surface area contributed by atoms with Gasteiger partial charge in [0, 0.05) is 0 Å². The quantitative estimate of drug-likeness (QED) is 0.910. The molecule has 4 heteroatoms. The molecule has 0 aliphatic rings. The van der Waals surface area contributed by atoms with Gasteiger partial charge in [0.25, 0.3) is 0 Å². The third kappa shape index (κ3) is 3.15. The zero-order valence-corrected chi connectivity index (χ0v) is 11.0. The molecule has 2 aromatic carbocycles. The number of methoxy groups -OCH3 is 1. The van der Waals surface area contributed by atoms with Crippen LogP contribution in [0.5, 0.6) is 5.75 Å². The Balaban J connectivity index is 2.32. The molecule has 0 heterocycles. The lowest BCUT2D eigenvalue weighted by molar-refractivity contribution is -0.138. The first-order valence-electron chi connectivity index (χ1n) is 6.22. The summed E-state index contributed by atoms with van der Waals surface area (Å²) >= 11 is 0. The van der Waals surface area contributed by atoms with Crippen LogP contribution >= 0.6 is 0 Å². The summed E-state index contributed by atoms with van der Waals surface area (Å²) in [5.41, 5.74) is 0.989. The lowest BCUT2D eigenvalue weighted by atomic mass is 9.92. The van der Waals surface area contributed by atoms with E-state index in [1.807, 2.05) is 0 Å². The van der Waals surface area contributed by atoms with E-state index >= 15 is 0 Å². The van der Waals surface area contributed by atoms with E-state index in [4.69, 9.17) is 4.74 Å². The Morgan fingerprint density at radius 3 is 2.65 bits per heavy atom. The van der Waals surface area contributed by atoms with Gasteiger partial charge in [-0.25, -0.2) is 4.39 Å². The van der Waals surface area contributed by atoms with E-state index in [1.54, 1.807) is 42.5 Å². The fourth-order valence-corrected chi connectivity index (χ4v) is 2.09. The molecule has 0 saturated heterocycles. The molecule has 0 spiro atoms. The van der Waals surface area contributed by atoms with Crippen LogP contribution in [0, 0.1) is 5.82 Å². The van der Waals surface area contributed by atoms with Crippen molar-refractivity contribution < 1.29 is 19.0 Å². The summed E-state index contributed by atoms with van der Waals surface area (Å²) in [4.78, 5) is 11.5. The van der Waals surface area contributed by atoms with Crippen LogP contribution in [-0.4, -0.2) is 18.2 Å². The zero-order chi connectivity index (χ0) is 14.5. The highest BCUT2D eigenvalue weighted by atomic mass is 19.1. The fraction of sp³-hybridized carbons (Fsp3) is 0.188. The molecule has 104 valence electrons. The summed E-state index contributed by atoms with van der Waals surface area (Å²) in [6.07, 6.45) is 0.106. The van der Waals surface area contributed by atoms with Crippen LogP contribution in [0.1, 0.15) is 17.0 Å². The van der Waals surface area contributed by atoms with Gasteiger partial charge in [-0.15, -0.1) is 0 Å². The van der Waals surface area contributed by atoms with Gasteiger partial charge >= 0.3 is 5.97 Å². The number of ether oxygens (including phenoxy) is 1. The molecule has 0 aliphatic carbocycles. The maximum atomic E-state index is 13.7. The monoisotopic (exact) mass is 274 g/mol. The topological polar surface area (TPSA) is 46.5 Å². The summed E-state index contributed by atoms with van der Waals surface area (Å²) in [5.74, 6) is -1.59. The zero-order valence-electron chi connectivity index (χ0n) is 11.0. The number of aliphatic carboxylic acids is 1. The first-order chi connectivity index (χ1) is 9.61. The Hall–Kier alpha value is -2.36. The summed E-state index contributed by atoms with van der Waals surface area (Å²) in [7, 11) is 1.52. The van der Waals surface area contributed by atoms with Gasteiger partial charge < -0.3 is 9.84 Å². The lowest BCUT2D eigenvalue weighted by Crippen LogP contribution is -2.15. The summed E-state index contributed by atoms with van der Waals surface area (Å²) in [6, 6.07) is 13.1. The average Bonchev–Trinajstić information content (AvgIpc) is 2.46. The van der Waals surface area contributed by atoms with Crippen molar-refractivity contribution in [1.82, 2.24) is 0 Å². The molecule has 1 unspecified atom stereocenters. The molecule has 0 fully saturated rings. The van der Waals surface area contributed by atoms with Gasteiger partial charge in [0.1, 0.15) is 11.6 Å². The Morgan fingerprint density at radius 2 is 2.00 bits per heavy atom. The summed E-state index contributed by atoms with van der Waals surface area (Å²) < 4.78 is 18.7. The third-order valence-corrected chi connectivity index (χ3v) is 3.18. The van der Waals surface area contributed by atoms with E-state index in [9.17, 15) is 14.3 Å². The van der Waals surface area contributed by atoms with Gasteiger partial charge in [0.15, 0.2) is 0 Å². The molecule has 0 aromatic heterocycles. The predicted molar refractivity (Wildman–Crippen MR) is 73.5 cm³/mol. The molecule has 2 rings (SSSR count). The number of benzene rings is 2. The minimum Gasteiger partial charge on any atom is -0.497 e. The van der Waals surface area contributed by atoms with E-state index in [0.717, 1.165) is 0 Å². The van der Waals surface area contributed by atoms with Gasteiger partial charge in [-0.1, -0.05) is 30.3 Å². The van der Waals surface area contributed by atoms with E-state index in [1.165, 1.54) is 13.2 Å². The van der Waals surface area contributed by atoms with E-state index < -0.39 is 11.9 Å². The van der Waals surface area contributed by atoms with Crippen molar-refractivity contribution in [2.45, 2.75) is 12.3 Å². The largest absolute Gasteiger partial charge is 0.497 e. The second-order valence-corrected chi connectivity index (χ2v) is 4.46. The molecule has 0 bridgehead atoms. The molecule has 0 amide bonds. The minimum atomic E-state index is -0.985. The Kier molecular flexibility index (Phi) is 4.35. The molecule has 0 radical (unpaired) electrons. The SMILES string of the molecule is COc1cccc(C(Cc2ccccc2F)C(=O)O)c1. The van der Waals surface area contributed by atoms with Crippen molar-refractivity contribution in [3.63, 3.8) is 0 Å². The second-order valence-electron chi connectivity index (χ2n) is 4.46. The van der Waals surface area contributed by atoms with Gasteiger partial charge in [0.2, 0.25) is 0 Å². The van der Waals surface area contributed by atoms with Crippen molar-refractivity contribution in [3.8, 4) is 5.75 Å². The first kappa shape index (κ1) is 14.1. The van der Waals surface area contributed by atoms with Crippen LogP contribution in [-0.2, 0) is 11.2 Å². The number of rotatable bonds is 5. The van der Waals surface area contributed by atoms with E-state index in [-0.39, 0.29) is 12.2 Å². The normalized spacial score (nSPS) is 11.9. The molecule has 0 saturated carbocycles. The van der Waals surface area contributed by atoms with E-state index in [2.05, 4.69) is 0 Å². The average molecular weight is 274 g/mol. The van der Waals surface area contributed by atoms with Gasteiger partial charge in [-0.2, -0.15) is 0 Å². The standard InChI is InChI=1S/C16H15FO3/c1-20-13-7-4-6-11(9-13)14(16(18)19)10-12-5-2-3-8-15(12)17/h2-9,14H,10H2,1H3,(H,18,19). The first-order valence-corrected chi connectivity index (χ1v) is 6.22. The second kappa shape index (κ2) is 6.19. The third-order valence-electron chi connectivity index (χ3n) is 3.18. The van der Waals surface area contributed by atoms with Crippen molar-refractivity contribution in [2.24, 2.45) is 0 Å². The Labute approximate surface area is 116 Å². The highest BCUT2D eigenvalue weighted by Gasteiger charge is 2.22. The number of halogens is 1. The molecule has 0 aliphatic heterocycles. The summed E-state index contributed by atoms with van der Waals surface area (Å²) in [6.45, 7) is 0. The number of hydrogen-bond acceptors (Lipinski definition) is 2. The van der Waals surface area contributed by atoms with Crippen LogP contribution in [0.25, 0.3) is 0 Å². The molecular weight excluding hydrogens is 259 g/mol. The fourth-order valence-electron chi connectivity index (χ4n) is 2.09. The van der Waals surface area contributed by atoms with Gasteiger partial charge in [-0.3, -0.25) is 4.79 Å². The maximum Gasteiger partial charge on any atom is 0.311 e. The minimum absolute atomic E-state index is 0.106. The smallest absolute Gasteiger partial charge is 0.311 e. The molecular formula is C16H15FO3. The van der Waals surface area contributed by atoms with Gasteiger partial charge in [0.05, 0.1) is 13.0 Å². The molecule has 1 N–H and O–H groups in total. The molecule has 1 atom stereocenters. The Bertz CT molecular complexity index is 610. The van der Waals surface area contributed by atoms with Crippen LogP contribution < -0.4 is 4.74 Å². The van der Waals surface area contributed by atoms with E-state index in [0.29, 0.717) is 16.9 Å². The van der Waals surface area contributed by atoms with Crippen LogP contribution in [0.2, 0.25) is 0 Å². The van der Waals surface area contributed by atoms with Gasteiger partial charge in [-0.05, 0) is 35.7 Å². The van der Waals surface area contributed by atoms with Crippen LogP contribution in [0.3, 0.4) is 0 Å². The highest BCUT2D eigenvalue weighted by Crippen LogP contribution is 2.25. The van der Waals surface area contributed by atoms with Crippen molar-refractivity contribution in [3.05, 3.63) is 65.5 Å². The van der Waals surface area contributed by atoms with Crippen LogP contribution in [0.15, 0.2) is 48.5 Å². The predicted octanol–water partition coefficient (Wildman–Crippen LogP) is 3.25. The summed E-state index contributed by atoms with van der Waals surface area (Å²) in [5, 5.41) is 9.38. The van der Waals surface area contributed by atoms with Crippen molar-refractivity contribution in [2.75, 3.05) is 7.11 Å². The molecule has 2 aromatic rings. The lowest BCUT2D eigenvalue weighted by Gasteiger charge is -2.14. The maximum absolute atomic E-state index is 13.7. The van der Waals surface area contributed by atoms with Crippen LogP contribution in [0.4, 0.5) is 4.39 Å². The number of carboxylic acid groups (broad SMARTS) is 1. The number of carbonyl (C=O) groups is 1. The number of carboxylic acids is 1. The van der Waals surface area contributed by atoms with Crippen molar-refractivity contribution in [1.29, 1.82) is 0 Å². The molecule has 20 heavy (non-hydrogen) atoms. The van der Waals surface area contributed by atoms with Crippen molar-refractivity contribution >= 4 is 5.97 Å². The Morgan fingerprint density at radius 1 is 1.25 bits per heavy atom. The molecule has 3 nitrogen and oxygen atoms in total. The highest BCUT2D eigenvalue weighted by molar-refractivity contribution is 5.76.